The van der Waals surface area contributed by atoms with Crippen molar-refractivity contribution in [2.45, 2.75) is 7.59 Å². The Labute approximate surface area is 230 Å². The Balaban J connectivity index is 1.79. The molecule has 176 valence electrons. The van der Waals surface area contributed by atoms with E-state index in [9.17, 15) is 0 Å². The fraction of sp³-hybridized carbons (Fsp3) is 0.0800. The average molecular weight is 584 g/mol. The topological polar surface area (TPSA) is 47.9 Å². The first-order valence-electron chi connectivity index (χ1n) is 10.2. The summed E-state index contributed by atoms with van der Waals surface area (Å²) in [6, 6.07) is 25.2. The van der Waals surface area contributed by atoms with Gasteiger partial charge in [-0.15, -0.1) is 0 Å². The number of benzene rings is 4. The maximum Gasteiger partial charge on any atom is 0.250 e. The summed E-state index contributed by atoms with van der Waals surface area (Å²) in [4.78, 5) is 12.9. The summed E-state index contributed by atoms with van der Waals surface area (Å²) in [7, 11) is 0. The fourth-order valence-corrected chi connectivity index (χ4v) is 4.22. The highest BCUT2D eigenvalue weighted by Gasteiger charge is 2.34. The van der Waals surface area contributed by atoms with Crippen LogP contribution < -0.4 is 4.74 Å². The van der Waals surface area contributed by atoms with Gasteiger partial charge in [0, 0.05) is 5.39 Å². The highest BCUT2D eigenvalue weighted by Crippen LogP contribution is 2.44. The van der Waals surface area contributed by atoms with Crippen LogP contribution in [0, 0.1) is 0 Å². The first kappa shape index (κ1) is 24.6. The van der Waals surface area contributed by atoms with Gasteiger partial charge in [-0.25, -0.2) is 15.0 Å². The number of alkyl halides is 6. The van der Waals surface area contributed by atoms with Gasteiger partial charge in [-0.1, -0.05) is 136 Å². The van der Waals surface area contributed by atoms with Crippen LogP contribution in [0.5, 0.6) is 11.5 Å². The molecule has 35 heavy (non-hydrogen) atoms. The van der Waals surface area contributed by atoms with Crippen LogP contribution in [-0.2, 0) is 7.59 Å². The smallest absolute Gasteiger partial charge is 0.250 e. The summed E-state index contributed by atoms with van der Waals surface area (Å²) < 4.78 is 2.47. The molecule has 0 radical (unpaired) electrons. The summed E-state index contributed by atoms with van der Waals surface area (Å²) in [5.41, 5.74) is 0.532. The number of fused-ring (bicyclic) bond motifs is 2. The van der Waals surface area contributed by atoms with Gasteiger partial charge in [-0.2, -0.15) is 0 Å². The highest BCUT2D eigenvalue weighted by molar-refractivity contribution is 6.67. The zero-order valence-corrected chi connectivity index (χ0v) is 22.1. The molecule has 0 N–H and O–H groups in total. The Bertz CT molecular complexity index is 1530. The van der Waals surface area contributed by atoms with Gasteiger partial charge in [-0.3, -0.25) is 0 Å². The van der Waals surface area contributed by atoms with Crippen molar-refractivity contribution in [2.75, 3.05) is 0 Å². The van der Waals surface area contributed by atoms with Crippen molar-refractivity contribution in [2.24, 2.45) is 0 Å². The SMILES string of the molecule is ClC(Cl)(Cl)c1nc(-c2c(Oc3cccc4ccccc34)ccc3ccccc23)nc(C(Cl)(Cl)Cl)n1. The Morgan fingerprint density at radius 2 is 1.06 bits per heavy atom. The van der Waals surface area contributed by atoms with Crippen LogP contribution in [0.2, 0.25) is 0 Å². The van der Waals surface area contributed by atoms with Crippen molar-refractivity contribution in [1.82, 2.24) is 15.0 Å². The van der Waals surface area contributed by atoms with Crippen LogP contribution >= 0.6 is 69.6 Å². The molecule has 0 saturated heterocycles. The highest BCUT2D eigenvalue weighted by atomic mass is 35.6. The molecule has 4 aromatic carbocycles. The minimum absolute atomic E-state index is 0.134. The largest absolute Gasteiger partial charge is 0.456 e. The molecular weight excluding hydrogens is 571 g/mol. The molecule has 5 rings (SSSR count). The molecule has 1 aromatic heterocycles. The van der Waals surface area contributed by atoms with Crippen molar-refractivity contribution < 1.29 is 4.74 Å². The molecule has 0 spiro atoms. The van der Waals surface area contributed by atoms with E-state index in [0.29, 0.717) is 17.1 Å². The minimum Gasteiger partial charge on any atom is -0.456 e. The van der Waals surface area contributed by atoms with Crippen molar-refractivity contribution in [3.05, 3.63) is 90.5 Å². The number of aromatic nitrogens is 3. The lowest BCUT2D eigenvalue weighted by Crippen LogP contribution is -2.17. The van der Waals surface area contributed by atoms with Crippen LogP contribution in [0.15, 0.2) is 78.9 Å². The van der Waals surface area contributed by atoms with E-state index in [1.54, 1.807) is 0 Å². The molecule has 0 aliphatic carbocycles. The molecular formula is C25H13Cl6N3O. The van der Waals surface area contributed by atoms with Gasteiger partial charge in [0.25, 0.3) is 0 Å². The van der Waals surface area contributed by atoms with Gasteiger partial charge in [0.1, 0.15) is 11.5 Å². The molecule has 10 heteroatoms. The fourth-order valence-electron chi connectivity index (χ4n) is 3.71. The van der Waals surface area contributed by atoms with Crippen molar-refractivity contribution in [1.29, 1.82) is 0 Å². The normalized spacial score (nSPS) is 12.3. The van der Waals surface area contributed by atoms with E-state index in [-0.39, 0.29) is 17.5 Å². The lowest BCUT2D eigenvalue weighted by atomic mass is 10.0. The van der Waals surface area contributed by atoms with Crippen molar-refractivity contribution in [3.63, 3.8) is 0 Å². The second-order valence-electron chi connectivity index (χ2n) is 7.54. The number of ether oxygens (including phenoxy) is 1. The molecule has 0 aliphatic heterocycles. The van der Waals surface area contributed by atoms with Gasteiger partial charge >= 0.3 is 0 Å². The first-order valence-corrected chi connectivity index (χ1v) is 12.5. The van der Waals surface area contributed by atoms with Gasteiger partial charge in [0.05, 0.1) is 5.56 Å². The Kier molecular flexibility index (Phi) is 6.64. The molecule has 4 nitrogen and oxygen atoms in total. The van der Waals surface area contributed by atoms with Crippen LogP contribution in [-0.4, -0.2) is 15.0 Å². The lowest BCUT2D eigenvalue weighted by molar-refractivity contribution is 0.490. The Morgan fingerprint density at radius 3 is 1.69 bits per heavy atom. The van der Waals surface area contributed by atoms with E-state index >= 15 is 0 Å². The molecule has 0 fully saturated rings. The zero-order valence-electron chi connectivity index (χ0n) is 17.5. The van der Waals surface area contributed by atoms with Gasteiger partial charge in [0.15, 0.2) is 17.5 Å². The van der Waals surface area contributed by atoms with Gasteiger partial charge < -0.3 is 4.74 Å². The number of halogens is 6. The monoisotopic (exact) mass is 581 g/mol. The lowest BCUT2D eigenvalue weighted by Gasteiger charge is -2.18. The number of hydrogen-bond donors (Lipinski definition) is 0. The molecule has 5 aromatic rings. The maximum absolute atomic E-state index is 6.44. The standard InChI is InChI=1S/C25H13Cl6N3O/c26-24(27,28)22-32-21(33-23(34-22)25(29,30)31)20-17-10-4-2-7-15(17)12-13-19(20)35-18-11-5-8-14-6-1-3-9-16(14)18/h1-13H. The molecule has 0 bridgehead atoms. The minimum atomic E-state index is -1.98. The van der Waals surface area contributed by atoms with E-state index in [1.165, 1.54) is 0 Å². The third kappa shape index (κ3) is 5.10. The predicted octanol–water partition coefficient (Wildman–Crippen LogP) is 9.29. The van der Waals surface area contributed by atoms with Gasteiger partial charge in [-0.05, 0) is 28.3 Å². The van der Waals surface area contributed by atoms with E-state index in [0.717, 1.165) is 21.5 Å². The molecule has 0 unspecified atom stereocenters. The van der Waals surface area contributed by atoms with Crippen LogP contribution in [0.4, 0.5) is 0 Å². The van der Waals surface area contributed by atoms with E-state index in [1.807, 2.05) is 78.9 Å². The molecule has 0 aliphatic rings. The Morgan fingerprint density at radius 1 is 0.514 bits per heavy atom. The summed E-state index contributed by atoms with van der Waals surface area (Å²) in [5.74, 6) is 0.888. The summed E-state index contributed by atoms with van der Waals surface area (Å²) in [6.07, 6.45) is 0. The van der Waals surface area contributed by atoms with Crippen molar-refractivity contribution in [3.8, 4) is 22.9 Å². The van der Waals surface area contributed by atoms with E-state index in [4.69, 9.17) is 74.3 Å². The number of rotatable bonds is 3. The van der Waals surface area contributed by atoms with Gasteiger partial charge in [0.2, 0.25) is 7.59 Å². The van der Waals surface area contributed by atoms with E-state index in [2.05, 4.69) is 15.0 Å². The average Bonchev–Trinajstić information content (AvgIpc) is 2.83. The maximum atomic E-state index is 6.44. The summed E-state index contributed by atoms with van der Waals surface area (Å²) in [6.45, 7) is 0. The first-order chi connectivity index (χ1) is 16.6. The summed E-state index contributed by atoms with van der Waals surface area (Å²) in [5, 5.41) is 3.68. The third-order valence-electron chi connectivity index (χ3n) is 5.23. The molecule has 0 saturated carbocycles. The molecule has 0 amide bonds. The number of nitrogens with zero attached hydrogens (tertiary/aromatic N) is 3. The van der Waals surface area contributed by atoms with E-state index < -0.39 is 7.59 Å². The predicted molar refractivity (Wildman–Crippen MR) is 145 cm³/mol. The molecule has 0 atom stereocenters. The summed E-state index contributed by atoms with van der Waals surface area (Å²) >= 11 is 36.7. The number of hydrogen-bond acceptors (Lipinski definition) is 4. The second-order valence-corrected chi connectivity index (χ2v) is 12.1. The third-order valence-corrected chi connectivity index (χ3v) is 6.24. The second kappa shape index (κ2) is 9.44. The van der Waals surface area contributed by atoms with Crippen LogP contribution in [0.25, 0.3) is 32.9 Å². The van der Waals surface area contributed by atoms with Crippen LogP contribution in [0.3, 0.4) is 0 Å². The quantitative estimate of drug-likeness (QED) is 0.199. The zero-order chi connectivity index (χ0) is 24.8. The van der Waals surface area contributed by atoms with Crippen molar-refractivity contribution >= 4 is 91.2 Å². The van der Waals surface area contributed by atoms with Crippen LogP contribution in [0.1, 0.15) is 11.6 Å². The Hall–Kier alpha value is -2.05. The molecule has 1 heterocycles.